The highest BCUT2D eigenvalue weighted by molar-refractivity contribution is 6.14. The SMILES string of the molecule is [B]NC(=O)CCCC(=O)NCCNC(=O)c1cccc(-c2ccc(OCC(=O)NCCC(C)(C)OCC)cc2)c1. The van der Waals surface area contributed by atoms with Gasteiger partial charge in [0, 0.05) is 44.6 Å². The fourth-order valence-corrected chi connectivity index (χ4v) is 3.80. The van der Waals surface area contributed by atoms with Gasteiger partial charge in [-0.3, -0.25) is 19.2 Å². The van der Waals surface area contributed by atoms with Gasteiger partial charge in [0.2, 0.25) is 19.8 Å². The lowest BCUT2D eigenvalue weighted by Gasteiger charge is -2.24. The van der Waals surface area contributed by atoms with Gasteiger partial charge in [0.15, 0.2) is 6.61 Å². The molecule has 0 aliphatic heterocycles. The van der Waals surface area contributed by atoms with Crippen LogP contribution in [0.25, 0.3) is 11.1 Å². The third-order valence-corrected chi connectivity index (χ3v) is 5.97. The molecule has 4 amide bonds. The summed E-state index contributed by atoms with van der Waals surface area (Å²) in [6, 6.07) is 14.5. The van der Waals surface area contributed by atoms with Gasteiger partial charge in [-0.2, -0.15) is 0 Å². The van der Waals surface area contributed by atoms with Crippen LogP contribution in [0, 0.1) is 0 Å². The topological polar surface area (TPSA) is 135 Å². The van der Waals surface area contributed by atoms with Gasteiger partial charge in [-0.1, -0.05) is 24.3 Å². The van der Waals surface area contributed by atoms with Crippen molar-refractivity contribution in [2.75, 3.05) is 32.8 Å². The number of nitrogens with one attached hydrogen (secondary N) is 4. The fraction of sp³-hybridized carbons (Fsp3) is 0.448. The van der Waals surface area contributed by atoms with Gasteiger partial charge in [-0.05, 0) is 69.0 Å². The van der Waals surface area contributed by atoms with E-state index in [1.807, 2.05) is 44.2 Å². The first-order valence-corrected chi connectivity index (χ1v) is 13.4. The standard InChI is InChI=1S/C29H39BN4O6/c1-4-40-29(2,3)15-16-31-27(37)20-39-24-13-11-21(12-14-24)22-7-5-8-23(19-22)28(38)33-18-17-32-25(35)9-6-10-26(36)34-30/h5,7-8,11-14,19H,4,6,9-10,15-18,20H2,1-3H3,(H,31,37)(H,32,35)(H,33,38)(H,34,36). The Labute approximate surface area is 237 Å². The van der Waals surface area contributed by atoms with E-state index in [9.17, 15) is 19.2 Å². The molecule has 0 aliphatic rings. The van der Waals surface area contributed by atoms with Gasteiger partial charge in [0.1, 0.15) is 5.75 Å². The molecule has 0 aliphatic carbocycles. The summed E-state index contributed by atoms with van der Waals surface area (Å²) in [5, 5.41) is 10.3. The second kappa shape index (κ2) is 17.0. The zero-order valence-electron chi connectivity index (χ0n) is 23.5. The van der Waals surface area contributed by atoms with E-state index in [1.54, 1.807) is 30.3 Å². The van der Waals surface area contributed by atoms with Crippen LogP contribution in [0.1, 0.15) is 56.8 Å². The summed E-state index contributed by atoms with van der Waals surface area (Å²) < 4.78 is 11.2. The zero-order valence-corrected chi connectivity index (χ0v) is 23.5. The number of hydrogen-bond acceptors (Lipinski definition) is 6. The van der Waals surface area contributed by atoms with Crippen molar-refractivity contribution < 1.29 is 28.7 Å². The van der Waals surface area contributed by atoms with Gasteiger partial charge in [0.05, 0.1) is 5.60 Å². The average Bonchev–Trinajstić information content (AvgIpc) is 2.94. The summed E-state index contributed by atoms with van der Waals surface area (Å²) in [5.74, 6) is -0.416. The molecule has 40 heavy (non-hydrogen) atoms. The highest BCUT2D eigenvalue weighted by atomic mass is 16.5. The molecule has 0 heterocycles. The van der Waals surface area contributed by atoms with Gasteiger partial charge >= 0.3 is 0 Å². The molecule has 0 spiro atoms. The molecule has 2 aromatic carbocycles. The molecule has 2 radical (unpaired) electrons. The Morgan fingerprint density at radius 1 is 0.825 bits per heavy atom. The van der Waals surface area contributed by atoms with E-state index < -0.39 is 0 Å². The fourth-order valence-electron chi connectivity index (χ4n) is 3.80. The molecule has 2 rings (SSSR count). The minimum atomic E-state index is -0.319. The van der Waals surface area contributed by atoms with Crippen molar-refractivity contribution in [3.63, 3.8) is 0 Å². The van der Waals surface area contributed by atoms with Crippen LogP contribution in [0.2, 0.25) is 0 Å². The molecule has 0 fully saturated rings. The Hall–Kier alpha value is -3.86. The van der Waals surface area contributed by atoms with Crippen LogP contribution < -0.4 is 25.9 Å². The molecule has 2 aromatic rings. The number of ether oxygens (including phenoxy) is 2. The summed E-state index contributed by atoms with van der Waals surface area (Å²) in [6.07, 6.45) is 1.48. The van der Waals surface area contributed by atoms with E-state index in [0.29, 0.717) is 37.3 Å². The molecule has 0 aromatic heterocycles. The third kappa shape index (κ3) is 12.3. The third-order valence-electron chi connectivity index (χ3n) is 5.97. The Balaban J connectivity index is 1.76. The largest absolute Gasteiger partial charge is 0.484 e. The molecule has 0 saturated carbocycles. The quantitative estimate of drug-likeness (QED) is 0.176. The molecule has 214 valence electrons. The van der Waals surface area contributed by atoms with E-state index in [2.05, 4.69) is 16.0 Å². The highest BCUT2D eigenvalue weighted by Crippen LogP contribution is 2.23. The van der Waals surface area contributed by atoms with Crippen molar-refractivity contribution in [3.8, 4) is 16.9 Å². The minimum Gasteiger partial charge on any atom is -0.484 e. The first-order valence-electron chi connectivity index (χ1n) is 13.4. The van der Waals surface area contributed by atoms with E-state index in [1.165, 1.54) is 0 Å². The Bertz CT molecular complexity index is 1120. The molecule has 0 unspecified atom stereocenters. The second-order valence-corrected chi connectivity index (χ2v) is 9.71. The maximum Gasteiger partial charge on any atom is 0.257 e. The summed E-state index contributed by atoms with van der Waals surface area (Å²) in [7, 11) is 5.00. The number of amides is 4. The van der Waals surface area contributed by atoms with Crippen LogP contribution in [-0.4, -0.2) is 70.1 Å². The van der Waals surface area contributed by atoms with Crippen molar-refractivity contribution in [1.82, 2.24) is 21.2 Å². The van der Waals surface area contributed by atoms with Crippen LogP contribution in [0.3, 0.4) is 0 Å². The van der Waals surface area contributed by atoms with Gasteiger partial charge < -0.3 is 30.7 Å². The van der Waals surface area contributed by atoms with Crippen LogP contribution in [-0.2, 0) is 19.1 Å². The molecule has 0 bridgehead atoms. The lowest BCUT2D eigenvalue weighted by Crippen LogP contribution is -2.35. The van der Waals surface area contributed by atoms with Crippen molar-refractivity contribution >= 4 is 31.6 Å². The monoisotopic (exact) mass is 550 g/mol. The number of carbonyl (C=O) groups is 4. The molecule has 4 N–H and O–H groups in total. The first-order chi connectivity index (χ1) is 19.1. The summed E-state index contributed by atoms with van der Waals surface area (Å²) in [4.78, 5) is 47.5. The maximum atomic E-state index is 12.6. The molecule has 10 nitrogen and oxygen atoms in total. The van der Waals surface area contributed by atoms with Crippen molar-refractivity contribution in [2.24, 2.45) is 0 Å². The Kier molecular flexibility index (Phi) is 13.7. The Morgan fingerprint density at radius 3 is 2.20 bits per heavy atom. The molecular weight excluding hydrogens is 511 g/mol. The predicted molar refractivity (Wildman–Crippen MR) is 154 cm³/mol. The molecule has 0 saturated heterocycles. The normalized spacial score (nSPS) is 10.9. The minimum absolute atomic E-state index is 0.0873. The lowest BCUT2D eigenvalue weighted by molar-refractivity contribution is -0.124. The molecular formula is C29H39BN4O6. The number of hydrogen-bond donors (Lipinski definition) is 4. The van der Waals surface area contributed by atoms with E-state index in [-0.39, 0.29) is 61.8 Å². The van der Waals surface area contributed by atoms with Gasteiger partial charge in [-0.15, -0.1) is 0 Å². The van der Waals surface area contributed by atoms with Gasteiger partial charge in [0.25, 0.3) is 11.8 Å². The summed E-state index contributed by atoms with van der Waals surface area (Å²) >= 11 is 0. The zero-order chi connectivity index (χ0) is 29.4. The first kappa shape index (κ1) is 32.4. The van der Waals surface area contributed by atoms with Crippen LogP contribution in [0.15, 0.2) is 48.5 Å². The van der Waals surface area contributed by atoms with Crippen LogP contribution >= 0.6 is 0 Å². The highest BCUT2D eigenvalue weighted by Gasteiger charge is 2.17. The van der Waals surface area contributed by atoms with E-state index >= 15 is 0 Å². The Morgan fingerprint density at radius 2 is 1.50 bits per heavy atom. The van der Waals surface area contributed by atoms with E-state index in [4.69, 9.17) is 17.5 Å². The summed E-state index contributed by atoms with van der Waals surface area (Å²) in [5.41, 5.74) is 1.94. The van der Waals surface area contributed by atoms with Crippen molar-refractivity contribution in [2.45, 2.75) is 52.1 Å². The van der Waals surface area contributed by atoms with Crippen LogP contribution in [0.4, 0.5) is 0 Å². The van der Waals surface area contributed by atoms with Crippen molar-refractivity contribution in [3.05, 3.63) is 54.1 Å². The lowest BCUT2D eigenvalue weighted by atomic mass is 10.0. The number of carbonyl (C=O) groups excluding carboxylic acids is 4. The summed E-state index contributed by atoms with van der Waals surface area (Å²) in [6.45, 7) is 7.51. The number of rotatable bonds is 17. The predicted octanol–water partition coefficient (Wildman–Crippen LogP) is 2.27. The molecule has 0 atom stereocenters. The smallest absolute Gasteiger partial charge is 0.257 e. The van der Waals surface area contributed by atoms with Crippen molar-refractivity contribution in [1.29, 1.82) is 0 Å². The van der Waals surface area contributed by atoms with Gasteiger partial charge in [-0.25, -0.2) is 0 Å². The molecule has 11 heteroatoms. The maximum absolute atomic E-state index is 12.6. The van der Waals surface area contributed by atoms with E-state index in [0.717, 1.165) is 11.1 Å². The number of benzene rings is 2. The second-order valence-electron chi connectivity index (χ2n) is 9.71. The van der Waals surface area contributed by atoms with Crippen LogP contribution in [0.5, 0.6) is 5.75 Å². The average molecular weight is 550 g/mol.